The number of hydrogen-bond acceptors (Lipinski definition) is 3. The van der Waals surface area contributed by atoms with Crippen molar-refractivity contribution in [3.8, 4) is 0 Å². The molecule has 0 radical (unpaired) electrons. The third-order valence-corrected chi connectivity index (χ3v) is 4.53. The number of halogens is 1. The highest BCUT2D eigenvalue weighted by Gasteiger charge is 2.46. The van der Waals surface area contributed by atoms with Crippen LogP contribution in [-0.2, 0) is 14.4 Å². The summed E-state index contributed by atoms with van der Waals surface area (Å²) in [6.45, 7) is 0.232. The number of carbonyl (C=O) groups is 3. The number of likely N-dealkylation sites (tertiary alicyclic amines) is 1. The molecule has 0 bridgehead atoms. The second kappa shape index (κ2) is 6.95. The Morgan fingerprint density at radius 1 is 1.12 bits per heavy atom. The predicted molar refractivity (Wildman–Crippen MR) is 86.3 cm³/mol. The Balaban J connectivity index is 1.50. The molecule has 24 heavy (non-hydrogen) atoms. The lowest BCUT2D eigenvalue weighted by molar-refractivity contribution is -0.140. The molecular formula is C18H19FN2O3. The van der Waals surface area contributed by atoms with Gasteiger partial charge in [-0.15, -0.1) is 0 Å². The van der Waals surface area contributed by atoms with Crippen LogP contribution in [0.5, 0.6) is 0 Å². The molecule has 0 aromatic heterocycles. The Hall–Kier alpha value is -2.50. The highest BCUT2D eigenvalue weighted by atomic mass is 19.1. The van der Waals surface area contributed by atoms with Crippen molar-refractivity contribution in [3.05, 3.63) is 42.2 Å². The second-order valence-electron chi connectivity index (χ2n) is 6.12. The maximum Gasteiger partial charge on any atom is 0.233 e. The van der Waals surface area contributed by atoms with Crippen LogP contribution >= 0.6 is 0 Å². The number of rotatable bonds is 5. The van der Waals surface area contributed by atoms with Gasteiger partial charge in [0, 0.05) is 13.0 Å². The zero-order valence-corrected chi connectivity index (χ0v) is 13.2. The topological polar surface area (TPSA) is 66.5 Å². The number of hydrogen-bond donors (Lipinski definition) is 1. The Bertz CT molecular complexity index is 675. The van der Waals surface area contributed by atoms with Gasteiger partial charge in [-0.1, -0.05) is 24.3 Å². The number of nitrogens with zero attached hydrogens (tertiary/aromatic N) is 1. The SMILES string of the molecule is O=C(CCCN1C(=O)[C@H]2CC=CC[C@@H]2C1=O)Nc1ccccc1F. The van der Waals surface area contributed by atoms with Crippen LogP contribution in [0.2, 0.25) is 0 Å². The summed E-state index contributed by atoms with van der Waals surface area (Å²) in [6.07, 6.45) is 5.60. The fraction of sp³-hybridized carbons (Fsp3) is 0.389. The summed E-state index contributed by atoms with van der Waals surface area (Å²) in [7, 11) is 0. The predicted octanol–water partition coefficient (Wildman–Crippen LogP) is 2.50. The third-order valence-electron chi connectivity index (χ3n) is 4.53. The van der Waals surface area contributed by atoms with Crippen LogP contribution in [-0.4, -0.2) is 29.2 Å². The molecule has 6 heteroatoms. The number of imide groups is 1. The summed E-state index contributed by atoms with van der Waals surface area (Å²) >= 11 is 0. The molecule has 0 unspecified atom stereocenters. The number of anilines is 1. The number of fused-ring (bicyclic) bond motifs is 1. The van der Waals surface area contributed by atoms with E-state index < -0.39 is 5.82 Å². The summed E-state index contributed by atoms with van der Waals surface area (Å²) < 4.78 is 13.5. The molecule has 1 aromatic carbocycles. The quantitative estimate of drug-likeness (QED) is 0.666. The first-order valence-electron chi connectivity index (χ1n) is 8.12. The minimum absolute atomic E-state index is 0.124. The zero-order chi connectivity index (χ0) is 17.1. The summed E-state index contributed by atoms with van der Waals surface area (Å²) in [5.41, 5.74) is 0.132. The van der Waals surface area contributed by atoms with Gasteiger partial charge in [-0.3, -0.25) is 19.3 Å². The molecule has 1 saturated heterocycles. The van der Waals surface area contributed by atoms with E-state index >= 15 is 0 Å². The maximum absolute atomic E-state index is 13.5. The van der Waals surface area contributed by atoms with Gasteiger partial charge in [-0.05, 0) is 31.4 Å². The normalized spacial score (nSPS) is 22.6. The smallest absolute Gasteiger partial charge is 0.233 e. The van der Waals surface area contributed by atoms with Crippen molar-refractivity contribution >= 4 is 23.4 Å². The largest absolute Gasteiger partial charge is 0.324 e. The number of benzene rings is 1. The van der Waals surface area contributed by atoms with Crippen molar-refractivity contribution in [1.82, 2.24) is 4.90 Å². The molecule has 1 aliphatic heterocycles. The van der Waals surface area contributed by atoms with Crippen molar-refractivity contribution in [2.45, 2.75) is 25.7 Å². The molecule has 2 aliphatic rings. The van der Waals surface area contributed by atoms with Crippen molar-refractivity contribution < 1.29 is 18.8 Å². The summed E-state index contributed by atoms with van der Waals surface area (Å²) in [5, 5.41) is 2.50. The Morgan fingerprint density at radius 2 is 1.75 bits per heavy atom. The standard InChI is InChI=1S/C18H19FN2O3/c19-14-8-3-4-9-15(14)20-16(22)10-5-11-21-17(23)12-6-1-2-7-13(12)18(21)24/h1-4,8-9,12-13H,5-7,10-11H2,(H,20,22)/t12-,13-/m0/s1. The minimum atomic E-state index is -0.493. The lowest BCUT2D eigenvalue weighted by Crippen LogP contribution is -2.32. The molecule has 3 rings (SSSR count). The van der Waals surface area contributed by atoms with Crippen molar-refractivity contribution in [3.63, 3.8) is 0 Å². The number of carbonyl (C=O) groups excluding carboxylic acids is 3. The van der Waals surface area contributed by atoms with E-state index in [0.29, 0.717) is 19.3 Å². The average Bonchev–Trinajstić information content (AvgIpc) is 2.82. The number of para-hydroxylation sites is 1. The fourth-order valence-electron chi connectivity index (χ4n) is 3.26. The molecule has 1 heterocycles. The Kier molecular flexibility index (Phi) is 4.74. The van der Waals surface area contributed by atoms with E-state index in [1.165, 1.54) is 17.0 Å². The molecule has 5 nitrogen and oxygen atoms in total. The second-order valence-corrected chi connectivity index (χ2v) is 6.12. The molecule has 1 aliphatic carbocycles. The van der Waals surface area contributed by atoms with Gasteiger partial charge in [-0.25, -0.2) is 4.39 Å². The Morgan fingerprint density at radius 3 is 2.38 bits per heavy atom. The van der Waals surface area contributed by atoms with E-state index in [1.807, 2.05) is 12.2 Å². The van der Waals surface area contributed by atoms with Gasteiger partial charge in [-0.2, -0.15) is 0 Å². The van der Waals surface area contributed by atoms with E-state index in [4.69, 9.17) is 0 Å². The van der Waals surface area contributed by atoms with Gasteiger partial charge in [0.25, 0.3) is 0 Å². The van der Waals surface area contributed by atoms with Crippen LogP contribution in [0, 0.1) is 17.7 Å². The van der Waals surface area contributed by atoms with Crippen LogP contribution in [0.1, 0.15) is 25.7 Å². The van der Waals surface area contributed by atoms with Gasteiger partial charge < -0.3 is 5.32 Å². The first-order valence-corrected chi connectivity index (χ1v) is 8.12. The molecule has 1 N–H and O–H groups in total. The Labute approximate surface area is 139 Å². The lowest BCUT2D eigenvalue weighted by Gasteiger charge is -2.14. The van der Waals surface area contributed by atoms with E-state index in [2.05, 4.69) is 5.32 Å². The number of nitrogens with one attached hydrogen (secondary N) is 1. The lowest BCUT2D eigenvalue weighted by atomic mass is 9.85. The molecule has 0 spiro atoms. The van der Waals surface area contributed by atoms with Crippen LogP contribution in [0.3, 0.4) is 0 Å². The van der Waals surface area contributed by atoms with E-state index in [1.54, 1.807) is 12.1 Å². The number of allylic oxidation sites excluding steroid dienone is 2. The van der Waals surface area contributed by atoms with Crippen molar-refractivity contribution in [1.29, 1.82) is 0 Å². The molecule has 1 fully saturated rings. The molecule has 3 amide bonds. The monoisotopic (exact) mass is 330 g/mol. The molecule has 2 atom stereocenters. The first-order chi connectivity index (χ1) is 11.6. The van der Waals surface area contributed by atoms with E-state index in [9.17, 15) is 18.8 Å². The fourth-order valence-corrected chi connectivity index (χ4v) is 3.26. The van der Waals surface area contributed by atoms with Crippen LogP contribution in [0.4, 0.5) is 10.1 Å². The van der Waals surface area contributed by atoms with Crippen molar-refractivity contribution in [2.24, 2.45) is 11.8 Å². The van der Waals surface area contributed by atoms with Gasteiger partial charge >= 0.3 is 0 Å². The maximum atomic E-state index is 13.5. The van der Waals surface area contributed by atoms with Crippen LogP contribution in [0.15, 0.2) is 36.4 Å². The van der Waals surface area contributed by atoms with E-state index in [-0.39, 0.29) is 48.2 Å². The summed E-state index contributed by atoms with van der Waals surface area (Å²) in [6, 6.07) is 5.94. The minimum Gasteiger partial charge on any atom is -0.324 e. The summed E-state index contributed by atoms with van der Waals surface area (Å²) in [4.78, 5) is 37.7. The van der Waals surface area contributed by atoms with Gasteiger partial charge in [0.2, 0.25) is 17.7 Å². The van der Waals surface area contributed by atoms with Crippen LogP contribution in [0.25, 0.3) is 0 Å². The zero-order valence-electron chi connectivity index (χ0n) is 13.2. The average molecular weight is 330 g/mol. The summed E-state index contributed by atoms with van der Waals surface area (Å²) in [5.74, 6) is -1.58. The molecule has 126 valence electrons. The first kappa shape index (κ1) is 16.4. The molecular weight excluding hydrogens is 311 g/mol. The highest BCUT2D eigenvalue weighted by molar-refractivity contribution is 6.05. The molecule has 0 saturated carbocycles. The van der Waals surface area contributed by atoms with Gasteiger partial charge in [0.1, 0.15) is 5.82 Å². The highest BCUT2D eigenvalue weighted by Crippen LogP contribution is 2.35. The number of amides is 3. The van der Waals surface area contributed by atoms with Crippen molar-refractivity contribution in [2.75, 3.05) is 11.9 Å². The van der Waals surface area contributed by atoms with Gasteiger partial charge in [0.05, 0.1) is 17.5 Å². The van der Waals surface area contributed by atoms with E-state index in [0.717, 1.165) is 0 Å². The van der Waals surface area contributed by atoms with Crippen LogP contribution < -0.4 is 5.32 Å². The van der Waals surface area contributed by atoms with Gasteiger partial charge in [0.15, 0.2) is 0 Å². The third kappa shape index (κ3) is 3.22. The molecule has 1 aromatic rings.